The third-order valence-corrected chi connectivity index (χ3v) is 1.29. The van der Waals surface area contributed by atoms with E-state index < -0.39 is 5.82 Å². The Morgan fingerprint density at radius 3 is 2.27 bits per heavy atom. The molecule has 0 unspecified atom stereocenters. The Kier molecular flexibility index (Phi) is 7.84. The van der Waals surface area contributed by atoms with Crippen molar-refractivity contribution in [3.05, 3.63) is 41.5 Å². The molecule has 1 aromatic carbocycles. The summed E-state index contributed by atoms with van der Waals surface area (Å²) in [7, 11) is 0. The van der Waals surface area contributed by atoms with Crippen LogP contribution in [0.3, 0.4) is 0 Å². The minimum Gasteiger partial charge on any atom is -1.00 e. The summed E-state index contributed by atoms with van der Waals surface area (Å²) in [5.41, 5.74) is 0.636. The molecule has 0 radical (unpaired) electrons. The Hall–Kier alpha value is 0.556. The number of benzene rings is 1. The number of rotatable bonds is 0. The average molecular weight is 248 g/mol. The quantitative estimate of drug-likeness (QED) is 0.420. The molecule has 0 saturated carbocycles. The maximum absolute atomic E-state index is 12.4. The van der Waals surface area contributed by atoms with Gasteiger partial charge in [0, 0.05) is 0 Å². The molecule has 0 N–H and O–H groups in total. The zero-order valence-corrected chi connectivity index (χ0v) is 9.54. The maximum Gasteiger partial charge on any atom is 2.00 e. The van der Waals surface area contributed by atoms with Crippen molar-refractivity contribution in [1.82, 2.24) is 0 Å². The van der Waals surface area contributed by atoms with E-state index in [-0.39, 0.29) is 45.1 Å². The molecule has 0 aromatic heterocycles. The molecule has 0 fully saturated rings. The van der Waals surface area contributed by atoms with Crippen molar-refractivity contribution < 1.29 is 21.4 Å². The summed E-state index contributed by atoms with van der Waals surface area (Å²) >= 11 is 5.38. The number of halogens is 3. The fourth-order valence-electron chi connectivity index (χ4n) is 0.540. The van der Waals surface area contributed by atoms with E-state index in [1.54, 1.807) is 6.07 Å². The molecule has 0 aliphatic rings. The summed E-state index contributed by atoms with van der Waals surface area (Å²) in [5.74, 6) is -0.413. The second kappa shape index (κ2) is 6.11. The standard InChI is InChI=1S/C7H5ClF.BrH.Mg/c1-5-2-3-6(8)7(9)4-5;;/h2-4H,1H2;1H;/q-1;;+2/p-1. The molecule has 0 nitrogen and oxygen atoms in total. The Bertz CT molecular complexity index is 230. The van der Waals surface area contributed by atoms with Crippen LogP contribution in [0.1, 0.15) is 5.56 Å². The van der Waals surface area contributed by atoms with E-state index in [0.29, 0.717) is 5.56 Å². The molecule has 56 valence electrons. The molecule has 1 rings (SSSR count). The third kappa shape index (κ3) is 4.21. The van der Waals surface area contributed by atoms with E-state index in [1.807, 2.05) is 0 Å². The third-order valence-electron chi connectivity index (χ3n) is 0.984. The fourth-order valence-corrected chi connectivity index (χ4v) is 0.657. The molecular formula is C7H5BrClFMg. The molecular weight excluding hydrogens is 243 g/mol. The molecule has 1 aromatic rings. The van der Waals surface area contributed by atoms with E-state index in [9.17, 15) is 4.39 Å². The van der Waals surface area contributed by atoms with Crippen LogP contribution in [-0.2, 0) is 0 Å². The van der Waals surface area contributed by atoms with Crippen molar-refractivity contribution in [2.24, 2.45) is 0 Å². The predicted octanol–water partition coefficient (Wildman–Crippen LogP) is -0.716. The van der Waals surface area contributed by atoms with Gasteiger partial charge < -0.3 is 17.0 Å². The largest absolute Gasteiger partial charge is 2.00 e. The summed E-state index contributed by atoms with van der Waals surface area (Å²) in [5, 5.41) is 0.141. The Morgan fingerprint density at radius 1 is 1.36 bits per heavy atom. The Labute approximate surface area is 97.0 Å². The van der Waals surface area contributed by atoms with Crippen molar-refractivity contribution in [3.63, 3.8) is 0 Å². The molecule has 0 bridgehead atoms. The van der Waals surface area contributed by atoms with Gasteiger partial charge >= 0.3 is 23.1 Å². The minimum absolute atomic E-state index is 0. The zero-order chi connectivity index (χ0) is 6.85. The molecule has 0 spiro atoms. The summed E-state index contributed by atoms with van der Waals surface area (Å²) < 4.78 is 12.4. The first-order chi connectivity index (χ1) is 4.20. The average Bonchev–Trinajstić information content (AvgIpc) is 1.80. The van der Waals surface area contributed by atoms with Crippen LogP contribution >= 0.6 is 11.6 Å². The van der Waals surface area contributed by atoms with Crippen LogP contribution in [0.4, 0.5) is 4.39 Å². The van der Waals surface area contributed by atoms with Crippen LogP contribution in [-0.4, -0.2) is 23.1 Å². The van der Waals surface area contributed by atoms with Gasteiger partial charge in [-0.3, -0.25) is 0 Å². The summed E-state index contributed by atoms with van der Waals surface area (Å²) in [4.78, 5) is 0. The fraction of sp³-hybridized carbons (Fsp3) is 0. The van der Waals surface area contributed by atoms with Gasteiger partial charge in [-0.2, -0.15) is 18.6 Å². The first-order valence-electron chi connectivity index (χ1n) is 2.47. The van der Waals surface area contributed by atoms with Gasteiger partial charge in [0.05, 0.1) is 10.8 Å². The predicted molar refractivity (Wildman–Crippen MR) is 41.6 cm³/mol. The van der Waals surface area contributed by atoms with E-state index >= 15 is 0 Å². The topological polar surface area (TPSA) is 0 Å². The molecule has 0 aliphatic carbocycles. The molecule has 0 atom stereocenters. The molecule has 11 heavy (non-hydrogen) atoms. The van der Waals surface area contributed by atoms with Gasteiger partial charge in [0.15, 0.2) is 0 Å². The Morgan fingerprint density at radius 2 is 1.91 bits per heavy atom. The van der Waals surface area contributed by atoms with E-state index in [0.717, 1.165) is 0 Å². The summed E-state index contributed by atoms with van der Waals surface area (Å²) in [6.45, 7) is 3.52. The van der Waals surface area contributed by atoms with Crippen LogP contribution in [0.15, 0.2) is 18.2 Å². The van der Waals surface area contributed by atoms with Gasteiger partial charge in [0.25, 0.3) is 0 Å². The van der Waals surface area contributed by atoms with E-state index in [1.165, 1.54) is 12.1 Å². The van der Waals surface area contributed by atoms with Crippen LogP contribution in [0, 0.1) is 12.7 Å². The van der Waals surface area contributed by atoms with Crippen molar-refractivity contribution in [3.8, 4) is 0 Å². The van der Waals surface area contributed by atoms with Gasteiger partial charge in [-0.05, 0) is 0 Å². The van der Waals surface area contributed by atoms with E-state index in [2.05, 4.69) is 6.92 Å². The normalized spacial score (nSPS) is 7.82. The minimum atomic E-state index is -0.413. The van der Waals surface area contributed by atoms with Gasteiger partial charge in [-0.1, -0.05) is 17.7 Å². The van der Waals surface area contributed by atoms with Gasteiger partial charge in [0.2, 0.25) is 0 Å². The molecule has 4 heteroatoms. The summed E-state index contributed by atoms with van der Waals surface area (Å²) in [6, 6.07) is 4.44. The van der Waals surface area contributed by atoms with Gasteiger partial charge in [0.1, 0.15) is 0 Å². The number of hydrogen-bond donors (Lipinski definition) is 0. The van der Waals surface area contributed by atoms with Gasteiger partial charge in [-0.15, -0.1) is 6.07 Å². The summed E-state index contributed by atoms with van der Waals surface area (Å²) in [6.07, 6.45) is 0. The Balaban J connectivity index is 0. The first-order valence-corrected chi connectivity index (χ1v) is 2.85. The monoisotopic (exact) mass is 246 g/mol. The molecule has 0 saturated heterocycles. The van der Waals surface area contributed by atoms with Crippen LogP contribution in [0.25, 0.3) is 0 Å². The molecule has 0 aliphatic heterocycles. The zero-order valence-electron chi connectivity index (χ0n) is 5.78. The molecule has 0 amide bonds. The van der Waals surface area contributed by atoms with Crippen LogP contribution in [0.2, 0.25) is 5.02 Å². The van der Waals surface area contributed by atoms with Crippen molar-refractivity contribution >= 4 is 34.7 Å². The second-order valence-electron chi connectivity index (χ2n) is 1.75. The van der Waals surface area contributed by atoms with Crippen molar-refractivity contribution in [1.29, 1.82) is 0 Å². The van der Waals surface area contributed by atoms with Crippen LogP contribution < -0.4 is 17.0 Å². The smallest absolute Gasteiger partial charge is 1.00 e. The maximum atomic E-state index is 12.4. The van der Waals surface area contributed by atoms with E-state index in [4.69, 9.17) is 11.6 Å². The first kappa shape index (κ1) is 14.1. The van der Waals surface area contributed by atoms with Gasteiger partial charge in [-0.25, -0.2) is 4.39 Å². The SMILES string of the molecule is [Br-].[CH2-]c1ccc(Cl)c(F)c1.[Mg+2]. The van der Waals surface area contributed by atoms with Crippen molar-refractivity contribution in [2.45, 2.75) is 0 Å². The molecule has 0 heterocycles. The number of hydrogen-bond acceptors (Lipinski definition) is 0. The van der Waals surface area contributed by atoms with Crippen molar-refractivity contribution in [2.75, 3.05) is 0 Å². The second-order valence-corrected chi connectivity index (χ2v) is 2.16. The van der Waals surface area contributed by atoms with Crippen LogP contribution in [0.5, 0.6) is 0 Å².